The van der Waals surface area contributed by atoms with Gasteiger partial charge in [0.1, 0.15) is 6.54 Å². The lowest BCUT2D eigenvalue weighted by molar-refractivity contribution is -0.134. The number of nitrogens with zero attached hydrogens (tertiary/aromatic N) is 2. The first-order chi connectivity index (χ1) is 17.6. The van der Waals surface area contributed by atoms with Gasteiger partial charge in [-0.1, -0.05) is 67.9 Å². The summed E-state index contributed by atoms with van der Waals surface area (Å²) >= 11 is 1.77. The molecule has 2 heterocycles. The molecule has 5 rings (SSSR count). The van der Waals surface area contributed by atoms with Gasteiger partial charge in [0.25, 0.3) is 5.91 Å². The lowest BCUT2D eigenvalue weighted by Gasteiger charge is -2.38. The van der Waals surface area contributed by atoms with E-state index in [1.165, 1.54) is 16.0 Å². The minimum Gasteiger partial charge on any atom is -0.330 e. The Morgan fingerprint density at radius 2 is 1.75 bits per heavy atom. The van der Waals surface area contributed by atoms with E-state index in [9.17, 15) is 9.59 Å². The van der Waals surface area contributed by atoms with Gasteiger partial charge in [0.2, 0.25) is 5.91 Å². The molecule has 5 heteroatoms. The Bertz CT molecular complexity index is 1390. The first-order valence-corrected chi connectivity index (χ1v) is 13.6. The Morgan fingerprint density at radius 3 is 2.56 bits per heavy atom. The Hall–Kier alpha value is -3.44. The molecule has 0 radical (unpaired) electrons. The van der Waals surface area contributed by atoms with Crippen LogP contribution >= 0.6 is 11.3 Å². The Labute approximate surface area is 217 Å². The fourth-order valence-corrected chi connectivity index (χ4v) is 6.08. The molecule has 0 fully saturated rings. The van der Waals surface area contributed by atoms with Crippen LogP contribution in [-0.4, -0.2) is 41.2 Å². The first kappa shape index (κ1) is 24.3. The molecule has 36 heavy (non-hydrogen) atoms. The minimum atomic E-state index is -0.113. The predicted octanol–water partition coefficient (Wildman–Crippen LogP) is 6.63. The highest BCUT2D eigenvalue weighted by Gasteiger charge is 2.34. The fourth-order valence-electron chi connectivity index (χ4n) is 5.17. The van der Waals surface area contributed by atoms with Gasteiger partial charge >= 0.3 is 0 Å². The molecule has 1 atom stereocenters. The minimum absolute atomic E-state index is 0.00495. The van der Waals surface area contributed by atoms with Gasteiger partial charge in [-0.15, -0.1) is 11.3 Å². The Morgan fingerprint density at radius 1 is 0.972 bits per heavy atom. The van der Waals surface area contributed by atoms with E-state index in [2.05, 4.69) is 37.4 Å². The Balaban J connectivity index is 1.44. The van der Waals surface area contributed by atoms with Crippen LogP contribution in [0.5, 0.6) is 0 Å². The maximum Gasteiger partial charge on any atom is 0.254 e. The number of rotatable bonds is 7. The molecule has 0 bridgehead atoms. The number of thiophene rings is 1. The number of carbonyl (C=O) groups excluding carboxylic acids is 2. The molecule has 0 unspecified atom stereocenters. The van der Waals surface area contributed by atoms with Crippen LogP contribution in [0.3, 0.4) is 0 Å². The molecule has 0 aliphatic carbocycles. The standard InChI is InChI=1S/C31H32N2O2S/c1-3-4-17-32(31(35)25-14-13-23-10-6-7-11-24(23)20-25)21-29(34)33-18-15-28-27(16-19-36-28)30(33)26-12-8-5-9-22(26)2/h5-14,16,19-20,30H,3-4,15,17-18,21H2,1-2H3/t30-/m1/s1. The second-order valence-corrected chi connectivity index (χ2v) is 10.5. The van der Waals surface area contributed by atoms with Crippen molar-refractivity contribution in [1.82, 2.24) is 9.80 Å². The van der Waals surface area contributed by atoms with Crippen molar-refractivity contribution in [2.75, 3.05) is 19.6 Å². The lowest BCUT2D eigenvalue weighted by atomic mass is 9.90. The second kappa shape index (κ2) is 10.7. The van der Waals surface area contributed by atoms with Crippen molar-refractivity contribution in [2.45, 2.75) is 39.2 Å². The number of aryl methyl sites for hydroxylation is 1. The predicted molar refractivity (Wildman–Crippen MR) is 148 cm³/mol. The number of hydrogen-bond donors (Lipinski definition) is 0. The smallest absolute Gasteiger partial charge is 0.254 e. The van der Waals surface area contributed by atoms with E-state index >= 15 is 0 Å². The molecule has 3 aromatic carbocycles. The number of unbranched alkanes of at least 4 members (excludes halogenated alkanes) is 1. The molecular formula is C31H32N2O2S. The number of amides is 2. The zero-order valence-electron chi connectivity index (χ0n) is 20.9. The molecule has 0 spiro atoms. The zero-order chi connectivity index (χ0) is 25.1. The van der Waals surface area contributed by atoms with Crippen LogP contribution in [0, 0.1) is 6.92 Å². The van der Waals surface area contributed by atoms with Crippen molar-refractivity contribution in [3.05, 3.63) is 105 Å². The van der Waals surface area contributed by atoms with Crippen molar-refractivity contribution in [3.8, 4) is 0 Å². The summed E-state index contributed by atoms with van der Waals surface area (Å²) in [6.07, 6.45) is 2.68. The third kappa shape index (κ3) is 4.80. The molecule has 4 aromatic rings. The van der Waals surface area contributed by atoms with E-state index in [-0.39, 0.29) is 24.4 Å². The van der Waals surface area contributed by atoms with Crippen molar-refractivity contribution >= 4 is 33.9 Å². The van der Waals surface area contributed by atoms with Crippen LogP contribution in [0.2, 0.25) is 0 Å². The molecule has 1 aliphatic heterocycles. The fraction of sp³-hybridized carbons (Fsp3) is 0.290. The SMILES string of the molecule is CCCCN(CC(=O)N1CCc2sccc2[C@H]1c1ccccc1C)C(=O)c1ccc2ccccc2c1. The summed E-state index contributed by atoms with van der Waals surface area (Å²) in [6.45, 7) is 5.54. The monoisotopic (exact) mass is 496 g/mol. The molecule has 1 aliphatic rings. The average molecular weight is 497 g/mol. The van der Waals surface area contributed by atoms with E-state index in [4.69, 9.17) is 0 Å². The number of carbonyl (C=O) groups is 2. The number of benzene rings is 3. The summed E-state index contributed by atoms with van der Waals surface area (Å²) in [7, 11) is 0. The highest BCUT2D eigenvalue weighted by atomic mass is 32.1. The van der Waals surface area contributed by atoms with E-state index < -0.39 is 0 Å². The van der Waals surface area contributed by atoms with Crippen molar-refractivity contribution in [1.29, 1.82) is 0 Å². The maximum atomic E-state index is 13.9. The van der Waals surface area contributed by atoms with Crippen molar-refractivity contribution in [2.24, 2.45) is 0 Å². The topological polar surface area (TPSA) is 40.6 Å². The van der Waals surface area contributed by atoms with E-state index in [0.717, 1.165) is 35.6 Å². The zero-order valence-corrected chi connectivity index (χ0v) is 21.8. The molecule has 184 valence electrons. The molecule has 4 nitrogen and oxygen atoms in total. The van der Waals surface area contributed by atoms with E-state index in [0.29, 0.717) is 18.7 Å². The highest BCUT2D eigenvalue weighted by Crippen LogP contribution is 2.39. The van der Waals surface area contributed by atoms with Crippen LogP contribution in [0.25, 0.3) is 10.8 Å². The van der Waals surface area contributed by atoms with Gasteiger partial charge in [0, 0.05) is 23.5 Å². The third-order valence-corrected chi connectivity index (χ3v) is 8.16. The summed E-state index contributed by atoms with van der Waals surface area (Å²) in [5.41, 5.74) is 4.18. The summed E-state index contributed by atoms with van der Waals surface area (Å²) in [5.74, 6) is -0.0754. The summed E-state index contributed by atoms with van der Waals surface area (Å²) in [5, 5.41) is 4.26. The van der Waals surface area contributed by atoms with Gasteiger partial charge in [-0.2, -0.15) is 0 Å². The highest BCUT2D eigenvalue weighted by molar-refractivity contribution is 7.10. The van der Waals surface area contributed by atoms with Gasteiger partial charge in [-0.05, 0) is 70.8 Å². The van der Waals surface area contributed by atoms with Gasteiger partial charge in [0.15, 0.2) is 0 Å². The third-order valence-electron chi connectivity index (χ3n) is 7.16. The molecule has 0 saturated carbocycles. The second-order valence-electron chi connectivity index (χ2n) is 9.54. The van der Waals surface area contributed by atoms with E-state index in [1.807, 2.05) is 59.5 Å². The normalized spacial score (nSPS) is 15.1. The average Bonchev–Trinajstić information content (AvgIpc) is 3.39. The van der Waals surface area contributed by atoms with Gasteiger partial charge in [0.05, 0.1) is 6.04 Å². The van der Waals surface area contributed by atoms with Crippen LogP contribution in [0.1, 0.15) is 57.7 Å². The Kier molecular flexibility index (Phi) is 7.19. The molecule has 1 aromatic heterocycles. The maximum absolute atomic E-state index is 13.9. The van der Waals surface area contributed by atoms with Crippen LogP contribution in [0.4, 0.5) is 0 Å². The largest absolute Gasteiger partial charge is 0.330 e. The van der Waals surface area contributed by atoms with Gasteiger partial charge in [-0.25, -0.2) is 0 Å². The number of fused-ring (bicyclic) bond motifs is 2. The lowest BCUT2D eigenvalue weighted by Crippen LogP contribution is -2.47. The quantitative estimate of drug-likeness (QED) is 0.288. The number of hydrogen-bond acceptors (Lipinski definition) is 3. The van der Waals surface area contributed by atoms with Crippen molar-refractivity contribution in [3.63, 3.8) is 0 Å². The van der Waals surface area contributed by atoms with Crippen LogP contribution in [-0.2, 0) is 11.2 Å². The molecule has 2 amide bonds. The van der Waals surface area contributed by atoms with Gasteiger partial charge < -0.3 is 9.80 Å². The molecule has 0 saturated heterocycles. The first-order valence-electron chi connectivity index (χ1n) is 12.8. The van der Waals surface area contributed by atoms with Crippen LogP contribution < -0.4 is 0 Å². The summed E-state index contributed by atoms with van der Waals surface area (Å²) in [4.78, 5) is 32.6. The van der Waals surface area contributed by atoms with Crippen molar-refractivity contribution < 1.29 is 9.59 Å². The van der Waals surface area contributed by atoms with Crippen LogP contribution in [0.15, 0.2) is 78.2 Å². The molecular weight excluding hydrogens is 464 g/mol. The molecule has 0 N–H and O–H groups in total. The summed E-state index contributed by atoms with van der Waals surface area (Å²) in [6, 6.07) is 24.2. The van der Waals surface area contributed by atoms with Gasteiger partial charge in [-0.3, -0.25) is 9.59 Å². The van der Waals surface area contributed by atoms with E-state index in [1.54, 1.807) is 16.2 Å². The summed E-state index contributed by atoms with van der Waals surface area (Å²) < 4.78 is 0.